The lowest BCUT2D eigenvalue weighted by Gasteiger charge is -2.05. The lowest BCUT2D eigenvalue weighted by molar-refractivity contribution is 0.602. The second-order valence-electron chi connectivity index (χ2n) is 2.48. The molecule has 3 nitrogen and oxygen atoms in total. The third-order valence-corrected chi connectivity index (χ3v) is 3.09. The van der Waals surface area contributed by atoms with E-state index in [1.165, 1.54) is 0 Å². The number of halogens is 1. The Labute approximate surface area is 82.8 Å². The zero-order valence-electron chi connectivity index (χ0n) is 6.90. The van der Waals surface area contributed by atoms with Gasteiger partial charge in [-0.1, -0.05) is 18.2 Å². The fraction of sp³-hybridized carbons (Fsp3) is 0.250. The van der Waals surface area contributed by atoms with Gasteiger partial charge in [0.25, 0.3) is 0 Å². The lowest BCUT2D eigenvalue weighted by atomic mass is 10.3. The van der Waals surface area contributed by atoms with E-state index in [2.05, 4.69) is 4.72 Å². The molecule has 0 saturated heterocycles. The van der Waals surface area contributed by atoms with Gasteiger partial charge in [-0.2, -0.15) is 0 Å². The fourth-order valence-corrected chi connectivity index (χ4v) is 2.25. The molecule has 1 N–H and O–H groups in total. The van der Waals surface area contributed by atoms with E-state index in [4.69, 9.17) is 11.6 Å². The molecule has 0 saturated carbocycles. The van der Waals surface area contributed by atoms with Crippen LogP contribution in [0.15, 0.2) is 30.3 Å². The number of sulfonamides is 1. The van der Waals surface area contributed by atoms with E-state index >= 15 is 0 Å². The number of rotatable bonds is 4. The number of para-hydroxylation sites is 1. The summed E-state index contributed by atoms with van der Waals surface area (Å²) in [5.41, 5.74) is 0.563. The highest BCUT2D eigenvalue weighted by atomic mass is 35.5. The number of benzene rings is 1. The third-order valence-electron chi connectivity index (χ3n) is 1.39. The van der Waals surface area contributed by atoms with Gasteiger partial charge >= 0.3 is 0 Å². The van der Waals surface area contributed by atoms with Gasteiger partial charge in [-0.3, -0.25) is 4.72 Å². The summed E-state index contributed by atoms with van der Waals surface area (Å²) < 4.78 is 24.8. The summed E-state index contributed by atoms with van der Waals surface area (Å²) in [5.74, 6) is 0.0333. The van der Waals surface area contributed by atoms with E-state index in [0.29, 0.717) is 5.69 Å². The first-order chi connectivity index (χ1) is 6.14. The quantitative estimate of drug-likeness (QED) is 0.783. The standard InChI is InChI=1S/C8H10ClNO2S/c9-6-7-13(11,12)10-8-4-2-1-3-5-8/h1-5,10H,6-7H2. The molecule has 72 valence electrons. The molecule has 0 bridgehead atoms. The van der Waals surface area contributed by atoms with Crippen LogP contribution in [0.2, 0.25) is 0 Å². The van der Waals surface area contributed by atoms with Crippen molar-refractivity contribution in [2.75, 3.05) is 16.4 Å². The van der Waals surface area contributed by atoms with Gasteiger partial charge in [-0.15, -0.1) is 11.6 Å². The van der Waals surface area contributed by atoms with E-state index in [9.17, 15) is 8.42 Å². The second kappa shape index (κ2) is 4.48. The van der Waals surface area contributed by atoms with Crippen molar-refractivity contribution in [1.82, 2.24) is 0 Å². The molecule has 0 spiro atoms. The molecule has 0 radical (unpaired) electrons. The van der Waals surface area contributed by atoms with Crippen LogP contribution in [-0.2, 0) is 10.0 Å². The van der Waals surface area contributed by atoms with Crippen LogP contribution in [0.4, 0.5) is 5.69 Å². The van der Waals surface area contributed by atoms with Crippen LogP contribution >= 0.6 is 11.6 Å². The molecule has 0 fully saturated rings. The molecule has 13 heavy (non-hydrogen) atoms. The first-order valence-corrected chi connectivity index (χ1v) is 5.94. The molecule has 0 unspecified atom stereocenters. The van der Waals surface area contributed by atoms with Gasteiger partial charge in [0.1, 0.15) is 0 Å². The monoisotopic (exact) mass is 219 g/mol. The van der Waals surface area contributed by atoms with Crippen molar-refractivity contribution < 1.29 is 8.42 Å². The van der Waals surface area contributed by atoms with Gasteiger partial charge in [-0.25, -0.2) is 8.42 Å². The summed E-state index contributed by atoms with van der Waals surface area (Å²) in [5, 5.41) is 0. The Morgan fingerprint density at radius 2 is 1.85 bits per heavy atom. The highest BCUT2D eigenvalue weighted by Crippen LogP contribution is 2.07. The maximum atomic E-state index is 11.2. The van der Waals surface area contributed by atoms with Gasteiger partial charge in [0.15, 0.2) is 0 Å². The maximum Gasteiger partial charge on any atom is 0.233 e. The summed E-state index contributed by atoms with van der Waals surface area (Å²) in [6, 6.07) is 8.72. The first kappa shape index (κ1) is 10.3. The van der Waals surface area contributed by atoms with Crippen LogP contribution in [0.5, 0.6) is 0 Å². The van der Waals surface area contributed by atoms with Crippen molar-refractivity contribution in [1.29, 1.82) is 0 Å². The van der Waals surface area contributed by atoms with E-state index in [-0.39, 0.29) is 11.6 Å². The molecule has 1 aromatic rings. The Morgan fingerprint density at radius 3 is 2.38 bits per heavy atom. The van der Waals surface area contributed by atoms with E-state index < -0.39 is 10.0 Å². The second-order valence-corrected chi connectivity index (χ2v) is 4.70. The molecule has 0 atom stereocenters. The number of hydrogen-bond donors (Lipinski definition) is 1. The minimum atomic E-state index is -3.27. The van der Waals surface area contributed by atoms with E-state index in [1.807, 2.05) is 6.07 Å². The minimum Gasteiger partial charge on any atom is -0.284 e. The number of nitrogens with one attached hydrogen (secondary N) is 1. The summed E-state index contributed by atoms with van der Waals surface area (Å²) >= 11 is 5.33. The van der Waals surface area contributed by atoms with Crippen LogP contribution in [-0.4, -0.2) is 20.1 Å². The normalized spacial score (nSPS) is 11.2. The number of hydrogen-bond acceptors (Lipinski definition) is 2. The Kier molecular flexibility index (Phi) is 3.57. The van der Waals surface area contributed by atoms with Gasteiger partial charge in [0, 0.05) is 11.6 Å². The van der Waals surface area contributed by atoms with Crippen LogP contribution in [0.1, 0.15) is 0 Å². The Balaban J connectivity index is 2.70. The van der Waals surface area contributed by atoms with Crippen LogP contribution < -0.4 is 4.72 Å². The predicted octanol–water partition coefficient (Wildman–Crippen LogP) is 1.67. The molecule has 1 rings (SSSR count). The average Bonchev–Trinajstić information content (AvgIpc) is 2.04. The zero-order chi connectivity index (χ0) is 9.73. The summed E-state index contributed by atoms with van der Waals surface area (Å²) in [7, 11) is -3.27. The maximum absolute atomic E-state index is 11.2. The van der Waals surface area contributed by atoms with Crippen LogP contribution in [0.3, 0.4) is 0 Å². The molecule has 0 heterocycles. The number of anilines is 1. The SMILES string of the molecule is O=S(=O)(CCCl)Nc1ccccc1. The zero-order valence-corrected chi connectivity index (χ0v) is 8.48. The van der Waals surface area contributed by atoms with Crippen molar-refractivity contribution >= 4 is 27.3 Å². The highest BCUT2D eigenvalue weighted by Gasteiger charge is 2.07. The minimum absolute atomic E-state index is 0.0660. The number of alkyl halides is 1. The van der Waals surface area contributed by atoms with Crippen LogP contribution in [0.25, 0.3) is 0 Å². The van der Waals surface area contributed by atoms with Crippen LogP contribution in [0, 0.1) is 0 Å². The van der Waals surface area contributed by atoms with Crippen molar-refractivity contribution in [2.45, 2.75) is 0 Å². The topological polar surface area (TPSA) is 46.2 Å². The van der Waals surface area contributed by atoms with E-state index in [1.54, 1.807) is 24.3 Å². The van der Waals surface area contributed by atoms with Crippen molar-refractivity contribution in [2.24, 2.45) is 0 Å². The Bertz CT molecular complexity index is 350. The summed E-state index contributed by atoms with van der Waals surface area (Å²) in [4.78, 5) is 0. The molecule has 1 aromatic carbocycles. The first-order valence-electron chi connectivity index (χ1n) is 3.75. The van der Waals surface area contributed by atoms with Gasteiger partial charge in [0.05, 0.1) is 5.75 Å². The molecule has 5 heteroatoms. The molecule has 0 aliphatic carbocycles. The molecular formula is C8H10ClNO2S. The van der Waals surface area contributed by atoms with Crippen molar-refractivity contribution in [3.8, 4) is 0 Å². The molecule has 0 aromatic heterocycles. The molecule has 0 amide bonds. The molecular weight excluding hydrogens is 210 g/mol. The smallest absolute Gasteiger partial charge is 0.233 e. The highest BCUT2D eigenvalue weighted by molar-refractivity contribution is 7.92. The van der Waals surface area contributed by atoms with Gasteiger partial charge in [0.2, 0.25) is 10.0 Å². The largest absolute Gasteiger partial charge is 0.284 e. The predicted molar refractivity (Wildman–Crippen MR) is 54.6 cm³/mol. The fourth-order valence-electron chi connectivity index (χ4n) is 0.838. The Morgan fingerprint density at radius 1 is 1.23 bits per heavy atom. The van der Waals surface area contributed by atoms with Gasteiger partial charge < -0.3 is 0 Å². The third kappa shape index (κ3) is 3.65. The molecule has 0 aliphatic heterocycles. The lowest BCUT2D eigenvalue weighted by Crippen LogP contribution is -2.17. The molecule has 0 aliphatic rings. The Hall–Kier alpha value is -0.740. The average molecular weight is 220 g/mol. The summed E-state index contributed by atoms with van der Waals surface area (Å²) in [6.07, 6.45) is 0. The van der Waals surface area contributed by atoms with Crippen molar-refractivity contribution in [3.63, 3.8) is 0 Å². The van der Waals surface area contributed by atoms with Gasteiger partial charge in [-0.05, 0) is 12.1 Å². The van der Waals surface area contributed by atoms with Crippen molar-refractivity contribution in [3.05, 3.63) is 30.3 Å². The summed E-state index contributed by atoms with van der Waals surface area (Å²) in [6.45, 7) is 0. The van der Waals surface area contributed by atoms with E-state index in [0.717, 1.165) is 0 Å².